The Hall–Kier alpha value is -4.16. The molecular formula is C33H49N5O8. The number of benzene rings is 1. The Morgan fingerprint density at radius 1 is 1.09 bits per heavy atom. The summed E-state index contributed by atoms with van der Waals surface area (Å²) in [5.74, 6) is -2.49. The number of rotatable bonds is 10. The molecule has 1 spiro atoms. The van der Waals surface area contributed by atoms with Crippen molar-refractivity contribution in [2.45, 2.75) is 117 Å². The fourth-order valence-electron chi connectivity index (χ4n) is 5.96. The molecule has 0 aliphatic carbocycles. The molecule has 3 rings (SSSR count). The van der Waals surface area contributed by atoms with Crippen molar-refractivity contribution in [1.29, 1.82) is 0 Å². The molecule has 0 saturated carbocycles. The van der Waals surface area contributed by atoms with Crippen LogP contribution < -0.4 is 21.1 Å². The standard InChI is InChI=1S/C33H49N5O8/c1-11-12-21(24(39)27(34)40)35-28(41)23-16-33(15-22(37-46-33)20-13-18(2)25(44-10)19(3)14-20)17-38(23)29(42)26(31(4,5)6)36-30(43)45-32(7,8)9/h13-14,21,23,26H,11-12,15-17H2,1-10H3,(H2,34,40)(H,35,41)(H,36,43)/t21-,23-,26+,33+/m0/s1. The lowest BCUT2D eigenvalue weighted by Crippen LogP contribution is -2.59. The van der Waals surface area contributed by atoms with E-state index in [1.165, 1.54) is 4.90 Å². The maximum Gasteiger partial charge on any atom is 0.408 e. The lowest BCUT2D eigenvalue weighted by Gasteiger charge is -2.36. The summed E-state index contributed by atoms with van der Waals surface area (Å²) in [7, 11) is 1.61. The largest absolute Gasteiger partial charge is 0.496 e. The van der Waals surface area contributed by atoms with E-state index in [9.17, 15) is 24.0 Å². The third-order valence-electron chi connectivity index (χ3n) is 8.05. The number of carbonyl (C=O) groups is 5. The Balaban J connectivity index is 1.98. The number of hydrogen-bond acceptors (Lipinski definition) is 9. The number of nitrogens with zero attached hydrogens (tertiary/aromatic N) is 2. The highest BCUT2D eigenvalue weighted by atomic mass is 16.7. The van der Waals surface area contributed by atoms with Crippen LogP contribution in [-0.4, -0.2) is 83.2 Å². The maximum absolute atomic E-state index is 14.3. The molecule has 13 heteroatoms. The molecule has 0 unspecified atom stereocenters. The number of aryl methyl sites for hydroxylation is 2. The van der Waals surface area contributed by atoms with Crippen molar-refractivity contribution in [2.75, 3.05) is 13.7 Å². The molecule has 0 radical (unpaired) electrons. The average molecular weight is 644 g/mol. The number of alkyl carbamates (subject to hydrolysis) is 1. The number of Topliss-reactive ketones (excluding diaryl/α,β-unsaturated/α-hetero) is 1. The van der Waals surface area contributed by atoms with Crippen LogP contribution in [0.25, 0.3) is 0 Å². The number of likely N-dealkylation sites (tertiary alicyclic amines) is 1. The summed E-state index contributed by atoms with van der Waals surface area (Å²) < 4.78 is 10.9. The maximum atomic E-state index is 14.3. The smallest absolute Gasteiger partial charge is 0.408 e. The molecule has 0 aromatic heterocycles. The highest BCUT2D eigenvalue weighted by Crippen LogP contribution is 2.40. The molecule has 13 nitrogen and oxygen atoms in total. The van der Waals surface area contributed by atoms with Crippen LogP contribution in [0.1, 0.15) is 90.8 Å². The Morgan fingerprint density at radius 3 is 2.20 bits per heavy atom. The number of primary amides is 1. The van der Waals surface area contributed by atoms with Crippen molar-refractivity contribution in [3.05, 3.63) is 28.8 Å². The number of nitrogens with one attached hydrogen (secondary N) is 2. The molecule has 2 heterocycles. The summed E-state index contributed by atoms with van der Waals surface area (Å²) in [5.41, 5.74) is 5.92. The zero-order chi connectivity index (χ0) is 34.8. The molecule has 4 atom stereocenters. The van der Waals surface area contributed by atoms with Crippen LogP contribution in [0.4, 0.5) is 4.79 Å². The Morgan fingerprint density at radius 2 is 1.70 bits per heavy atom. The second-order valence-corrected chi connectivity index (χ2v) is 14.3. The van der Waals surface area contributed by atoms with Gasteiger partial charge in [0, 0.05) is 18.4 Å². The molecule has 4 N–H and O–H groups in total. The summed E-state index contributed by atoms with van der Waals surface area (Å²) in [6.45, 7) is 16.2. The van der Waals surface area contributed by atoms with Crippen LogP contribution in [0.15, 0.2) is 17.3 Å². The lowest BCUT2D eigenvalue weighted by molar-refractivity contribution is -0.143. The molecule has 4 amide bonds. The van der Waals surface area contributed by atoms with Crippen molar-refractivity contribution >= 4 is 35.3 Å². The van der Waals surface area contributed by atoms with Crippen LogP contribution in [0.3, 0.4) is 0 Å². The van der Waals surface area contributed by atoms with E-state index in [2.05, 4.69) is 15.8 Å². The van der Waals surface area contributed by atoms with Gasteiger partial charge in [-0.2, -0.15) is 0 Å². The van der Waals surface area contributed by atoms with Gasteiger partial charge in [-0.25, -0.2) is 4.79 Å². The van der Waals surface area contributed by atoms with Gasteiger partial charge in [0.1, 0.15) is 23.4 Å². The topological polar surface area (TPSA) is 179 Å². The van der Waals surface area contributed by atoms with Crippen molar-refractivity contribution in [2.24, 2.45) is 16.3 Å². The number of ether oxygens (including phenoxy) is 2. The third-order valence-corrected chi connectivity index (χ3v) is 8.05. The minimum Gasteiger partial charge on any atom is -0.496 e. The quantitative estimate of drug-likeness (QED) is 0.326. The zero-order valence-corrected chi connectivity index (χ0v) is 28.7. The van der Waals surface area contributed by atoms with Crippen LogP contribution in [0.2, 0.25) is 0 Å². The van der Waals surface area contributed by atoms with Gasteiger partial charge in [0.25, 0.3) is 5.91 Å². The Labute approximate surface area is 270 Å². The number of hydrogen-bond donors (Lipinski definition) is 3. The first-order valence-electron chi connectivity index (χ1n) is 15.6. The summed E-state index contributed by atoms with van der Waals surface area (Å²) in [4.78, 5) is 72.7. The van der Waals surface area contributed by atoms with Gasteiger partial charge < -0.3 is 35.6 Å². The lowest BCUT2D eigenvalue weighted by atomic mass is 9.85. The molecule has 46 heavy (non-hydrogen) atoms. The summed E-state index contributed by atoms with van der Waals surface area (Å²) in [5, 5.41) is 9.74. The first kappa shape index (κ1) is 36.3. The summed E-state index contributed by atoms with van der Waals surface area (Å²) in [6.07, 6.45) is 0.250. The Kier molecular flexibility index (Phi) is 10.8. The van der Waals surface area contributed by atoms with E-state index in [1.807, 2.05) is 26.0 Å². The molecule has 1 aromatic rings. The Bertz CT molecular complexity index is 1390. The molecule has 254 valence electrons. The van der Waals surface area contributed by atoms with Gasteiger partial charge >= 0.3 is 6.09 Å². The van der Waals surface area contributed by atoms with Gasteiger partial charge in [-0.15, -0.1) is 0 Å². The SMILES string of the molecule is CCC[C@H](NC(=O)[C@@H]1C[C@]2(CC(c3cc(C)c(OC)c(C)c3)=NO2)CN1C(=O)[C@@H](NC(=O)OC(C)(C)C)C(C)(C)C)C(=O)C(N)=O. The van der Waals surface area contributed by atoms with Gasteiger partial charge in [0.15, 0.2) is 5.60 Å². The van der Waals surface area contributed by atoms with E-state index in [0.717, 1.165) is 22.4 Å². The monoisotopic (exact) mass is 643 g/mol. The molecule has 1 saturated heterocycles. The summed E-state index contributed by atoms with van der Waals surface area (Å²) >= 11 is 0. The minimum atomic E-state index is -1.16. The second kappa shape index (κ2) is 13.7. The minimum absolute atomic E-state index is 0.0180. The van der Waals surface area contributed by atoms with E-state index in [0.29, 0.717) is 18.6 Å². The van der Waals surface area contributed by atoms with Gasteiger partial charge in [-0.1, -0.05) is 39.3 Å². The number of methoxy groups -OCH3 is 1. The van der Waals surface area contributed by atoms with E-state index in [4.69, 9.17) is 20.0 Å². The van der Waals surface area contributed by atoms with E-state index in [-0.39, 0.29) is 19.4 Å². The van der Waals surface area contributed by atoms with Crippen molar-refractivity contribution in [3.63, 3.8) is 0 Å². The van der Waals surface area contributed by atoms with E-state index < -0.39 is 64.3 Å². The highest BCUT2D eigenvalue weighted by Gasteiger charge is 2.55. The normalized spacial score (nSPS) is 20.8. The molecule has 0 bridgehead atoms. The molecule has 2 aliphatic rings. The fraction of sp³-hybridized carbons (Fsp3) is 0.636. The first-order valence-corrected chi connectivity index (χ1v) is 15.6. The van der Waals surface area contributed by atoms with Crippen molar-refractivity contribution in [3.8, 4) is 5.75 Å². The van der Waals surface area contributed by atoms with E-state index in [1.54, 1.807) is 55.6 Å². The van der Waals surface area contributed by atoms with Crippen LogP contribution in [0, 0.1) is 19.3 Å². The third kappa shape index (κ3) is 8.35. The van der Waals surface area contributed by atoms with Gasteiger partial charge in [0.05, 0.1) is 25.4 Å². The molecule has 1 aromatic carbocycles. The number of oxime groups is 1. The van der Waals surface area contributed by atoms with Crippen LogP contribution >= 0.6 is 0 Å². The number of nitrogens with two attached hydrogens (primary N) is 1. The molecular weight excluding hydrogens is 594 g/mol. The van der Waals surface area contributed by atoms with Gasteiger partial charge in [-0.05, 0) is 69.7 Å². The van der Waals surface area contributed by atoms with Crippen molar-refractivity contribution < 1.29 is 38.3 Å². The van der Waals surface area contributed by atoms with Crippen LogP contribution in [0.5, 0.6) is 5.75 Å². The molecule has 1 fully saturated rings. The molecule has 2 aliphatic heterocycles. The average Bonchev–Trinajstić information content (AvgIpc) is 3.52. The van der Waals surface area contributed by atoms with Gasteiger partial charge in [0.2, 0.25) is 17.6 Å². The fourth-order valence-corrected chi connectivity index (χ4v) is 5.96. The highest BCUT2D eigenvalue weighted by molar-refractivity contribution is 6.37. The van der Waals surface area contributed by atoms with Crippen LogP contribution in [-0.2, 0) is 28.8 Å². The number of carbonyl (C=O) groups excluding carboxylic acids is 5. The second-order valence-electron chi connectivity index (χ2n) is 14.3. The summed E-state index contributed by atoms with van der Waals surface area (Å²) in [6, 6.07) is 0.552. The van der Waals surface area contributed by atoms with Gasteiger partial charge in [-0.3, -0.25) is 19.2 Å². The number of ketones is 1. The zero-order valence-electron chi connectivity index (χ0n) is 28.7. The first-order chi connectivity index (χ1) is 21.2. The van der Waals surface area contributed by atoms with Crippen molar-refractivity contribution in [1.82, 2.24) is 15.5 Å². The predicted octanol–water partition coefficient (Wildman–Crippen LogP) is 3.05. The predicted molar refractivity (Wildman–Crippen MR) is 171 cm³/mol. The number of amides is 4. The van der Waals surface area contributed by atoms with E-state index >= 15 is 0 Å².